The maximum absolute atomic E-state index is 12.0. The largest absolute Gasteiger partial charge is 0.480 e. The molecule has 0 aromatic heterocycles. The van der Waals surface area contributed by atoms with Gasteiger partial charge in [0.2, 0.25) is 0 Å². The molecule has 1 saturated carbocycles. The number of benzene rings is 1. The molecule has 21 heavy (non-hydrogen) atoms. The third-order valence-corrected chi connectivity index (χ3v) is 3.61. The first-order valence-electron chi connectivity index (χ1n) is 7.25. The molecule has 2 rings (SSSR count). The van der Waals surface area contributed by atoms with Gasteiger partial charge in [0.15, 0.2) is 6.10 Å². The molecule has 0 aliphatic heterocycles. The van der Waals surface area contributed by atoms with Crippen molar-refractivity contribution in [2.45, 2.75) is 31.9 Å². The minimum atomic E-state index is -0.620. The van der Waals surface area contributed by atoms with E-state index < -0.39 is 6.10 Å². The molecule has 1 fully saturated rings. The number of rotatable bonds is 7. The fourth-order valence-electron chi connectivity index (χ4n) is 2.10. The second-order valence-corrected chi connectivity index (χ2v) is 5.37. The lowest BCUT2D eigenvalue weighted by molar-refractivity contribution is -0.127. The molecule has 5 nitrogen and oxygen atoms in total. The molecule has 0 spiro atoms. The lowest BCUT2D eigenvalue weighted by Crippen LogP contribution is -2.40. The first-order valence-corrected chi connectivity index (χ1v) is 7.25. The van der Waals surface area contributed by atoms with Gasteiger partial charge in [-0.15, -0.1) is 0 Å². The number of nitriles is 1. The lowest BCUT2D eigenvalue weighted by Gasteiger charge is -2.18. The van der Waals surface area contributed by atoms with Gasteiger partial charge in [0.05, 0.1) is 5.56 Å². The highest BCUT2D eigenvalue weighted by atomic mass is 16.5. The second kappa shape index (κ2) is 7.09. The number of carbonyl (C=O) groups excluding carboxylic acids is 1. The number of ether oxygens (including phenoxy) is 1. The van der Waals surface area contributed by atoms with Gasteiger partial charge in [-0.2, -0.15) is 5.26 Å². The number of amides is 1. The van der Waals surface area contributed by atoms with Gasteiger partial charge in [0, 0.05) is 19.1 Å². The summed E-state index contributed by atoms with van der Waals surface area (Å²) < 4.78 is 5.57. The Bertz CT molecular complexity index is 535. The summed E-state index contributed by atoms with van der Waals surface area (Å²) in [5.41, 5.74) is 0.436. The molecular weight excluding hydrogens is 266 g/mol. The zero-order chi connectivity index (χ0) is 15.2. The Labute approximate surface area is 125 Å². The van der Waals surface area contributed by atoms with Crippen molar-refractivity contribution in [3.05, 3.63) is 29.8 Å². The summed E-state index contributed by atoms with van der Waals surface area (Å²) in [5.74, 6) is 0.282. The van der Waals surface area contributed by atoms with Crippen LogP contribution in [0.1, 0.15) is 25.3 Å². The van der Waals surface area contributed by atoms with Crippen molar-refractivity contribution < 1.29 is 9.53 Å². The number of nitrogens with one attached hydrogen (secondary N) is 1. The summed E-state index contributed by atoms with van der Waals surface area (Å²) in [5, 5.41) is 11.9. The monoisotopic (exact) mass is 287 g/mol. The molecule has 0 bridgehead atoms. The van der Waals surface area contributed by atoms with Crippen molar-refractivity contribution in [1.29, 1.82) is 5.26 Å². The van der Waals surface area contributed by atoms with Gasteiger partial charge in [-0.25, -0.2) is 0 Å². The first-order chi connectivity index (χ1) is 10.1. The van der Waals surface area contributed by atoms with E-state index in [9.17, 15) is 4.79 Å². The number of likely N-dealkylation sites (N-methyl/N-ethyl adjacent to an activating group) is 1. The van der Waals surface area contributed by atoms with E-state index >= 15 is 0 Å². The summed E-state index contributed by atoms with van der Waals surface area (Å²) in [4.78, 5) is 14.2. The zero-order valence-electron chi connectivity index (χ0n) is 12.5. The summed E-state index contributed by atoms with van der Waals surface area (Å²) in [6.07, 6.45) is 1.90. The summed E-state index contributed by atoms with van der Waals surface area (Å²) in [7, 11) is 2.08. The van der Waals surface area contributed by atoms with Crippen LogP contribution < -0.4 is 10.1 Å². The van der Waals surface area contributed by atoms with Crippen LogP contribution in [-0.2, 0) is 4.79 Å². The Morgan fingerprint density at radius 3 is 2.90 bits per heavy atom. The van der Waals surface area contributed by atoms with E-state index in [2.05, 4.69) is 23.3 Å². The molecule has 1 atom stereocenters. The minimum absolute atomic E-state index is 0.160. The van der Waals surface area contributed by atoms with Crippen LogP contribution in [0.15, 0.2) is 24.3 Å². The van der Waals surface area contributed by atoms with Crippen molar-refractivity contribution in [2.75, 3.05) is 20.1 Å². The van der Waals surface area contributed by atoms with Crippen molar-refractivity contribution >= 4 is 5.91 Å². The molecule has 0 radical (unpaired) electrons. The van der Waals surface area contributed by atoms with Crippen molar-refractivity contribution in [3.8, 4) is 11.8 Å². The van der Waals surface area contributed by atoms with Gasteiger partial charge in [0.25, 0.3) is 5.91 Å². The quantitative estimate of drug-likeness (QED) is 0.826. The molecule has 1 aromatic rings. The minimum Gasteiger partial charge on any atom is -0.480 e. The summed E-state index contributed by atoms with van der Waals surface area (Å²) in [6.45, 7) is 3.14. The molecular formula is C16H21N3O2. The number of hydrogen-bond donors (Lipinski definition) is 1. The van der Waals surface area contributed by atoms with Crippen LogP contribution in [0.2, 0.25) is 0 Å². The second-order valence-electron chi connectivity index (χ2n) is 5.37. The molecule has 0 saturated heterocycles. The van der Waals surface area contributed by atoms with Crippen LogP contribution in [0, 0.1) is 11.3 Å². The zero-order valence-corrected chi connectivity index (χ0v) is 12.5. The average molecular weight is 287 g/mol. The molecule has 1 unspecified atom stereocenters. The third kappa shape index (κ3) is 4.47. The Balaban J connectivity index is 1.78. The standard InChI is InChI=1S/C16H21N3O2/c1-12(21-15-6-4-3-5-13(15)11-17)16(20)18-9-10-19(2)14-7-8-14/h3-6,12,14H,7-10H2,1-2H3,(H,18,20). The van der Waals surface area contributed by atoms with E-state index in [1.807, 2.05) is 0 Å². The van der Waals surface area contributed by atoms with E-state index in [1.165, 1.54) is 12.8 Å². The van der Waals surface area contributed by atoms with Crippen LogP contribution >= 0.6 is 0 Å². The maximum atomic E-state index is 12.0. The molecule has 5 heteroatoms. The van der Waals surface area contributed by atoms with Gasteiger partial charge in [-0.3, -0.25) is 4.79 Å². The fourth-order valence-corrected chi connectivity index (χ4v) is 2.10. The van der Waals surface area contributed by atoms with Crippen LogP contribution in [0.3, 0.4) is 0 Å². The van der Waals surface area contributed by atoms with Crippen LogP contribution in [0.4, 0.5) is 0 Å². The molecule has 112 valence electrons. The smallest absolute Gasteiger partial charge is 0.260 e. The summed E-state index contributed by atoms with van der Waals surface area (Å²) in [6, 6.07) is 9.67. The van der Waals surface area contributed by atoms with Gasteiger partial charge in [-0.1, -0.05) is 12.1 Å². The number of nitrogens with zero attached hydrogens (tertiary/aromatic N) is 2. The molecule has 1 aliphatic carbocycles. The van der Waals surface area contributed by atoms with Gasteiger partial charge < -0.3 is 15.0 Å². The van der Waals surface area contributed by atoms with E-state index in [4.69, 9.17) is 10.00 Å². The number of hydrogen-bond acceptors (Lipinski definition) is 4. The third-order valence-electron chi connectivity index (χ3n) is 3.61. The van der Waals surface area contributed by atoms with Crippen LogP contribution in [0.5, 0.6) is 5.75 Å². The molecule has 1 N–H and O–H groups in total. The average Bonchev–Trinajstić information content (AvgIpc) is 3.32. The van der Waals surface area contributed by atoms with Crippen LogP contribution in [0.25, 0.3) is 0 Å². The normalized spacial score (nSPS) is 15.3. The maximum Gasteiger partial charge on any atom is 0.260 e. The highest BCUT2D eigenvalue weighted by Gasteiger charge is 2.25. The highest BCUT2D eigenvalue weighted by Crippen LogP contribution is 2.24. The van der Waals surface area contributed by atoms with Crippen molar-refractivity contribution in [1.82, 2.24) is 10.2 Å². The summed E-state index contributed by atoms with van der Waals surface area (Å²) >= 11 is 0. The van der Waals surface area contributed by atoms with Gasteiger partial charge in [-0.05, 0) is 38.9 Å². The van der Waals surface area contributed by atoms with Crippen molar-refractivity contribution in [3.63, 3.8) is 0 Å². The lowest BCUT2D eigenvalue weighted by atomic mass is 10.2. The van der Waals surface area contributed by atoms with E-state index in [0.717, 1.165) is 6.54 Å². The fraction of sp³-hybridized carbons (Fsp3) is 0.500. The predicted molar refractivity (Wildman–Crippen MR) is 79.9 cm³/mol. The first kappa shape index (κ1) is 15.3. The molecule has 1 aromatic carbocycles. The molecule has 0 heterocycles. The highest BCUT2D eigenvalue weighted by molar-refractivity contribution is 5.80. The van der Waals surface area contributed by atoms with E-state index in [0.29, 0.717) is 23.9 Å². The Kier molecular flexibility index (Phi) is 5.18. The van der Waals surface area contributed by atoms with Gasteiger partial charge >= 0.3 is 0 Å². The van der Waals surface area contributed by atoms with Crippen LogP contribution in [-0.4, -0.2) is 43.1 Å². The van der Waals surface area contributed by atoms with Gasteiger partial charge in [0.1, 0.15) is 11.8 Å². The SMILES string of the molecule is CC(Oc1ccccc1C#N)C(=O)NCCN(C)C1CC1. The number of para-hydroxylation sites is 1. The Morgan fingerprint density at radius 1 is 1.52 bits per heavy atom. The predicted octanol–water partition coefficient (Wildman–Crippen LogP) is 1.54. The molecule has 1 amide bonds. The topological polar surface area (TPSA) is 65.4 Å². The van der Waals surface area contributed by atoms with E-state index in [1.54, 1.807) is 31.2 Å². The molecule has 1 aliphatic rings. The Hall–Kier alpha value is -2.06. The van der Waals surface area contributed by atoms with E-state index in [-0.39, 0.29) is 5.91 Å². The van der Waals surface area contributed by atoms with Crippen molar-refractivity contribution in [2.24, 2.45) is 0 Å². The Morgan fingerprint density at radius 2 is 2.24 bits per heavy atom. The number of carbonyl (C=O) groups is 1.